The Labute approximate surface area is 314 Å². The molecule has 0 saturated heterocycles. The molecule has 1 aliphatic heterocycles. The maximum Gasteiger partial charge on any atom is 0.0625 e. The van der Waals surface area contributed by atoms with E-state index >= 15 is 0 Å². The van der Waals surface area contributed by atoms with Crippen molar-refractivity contribution in [3.05, 3.63) is 181 Å². The van der Waals surface area contributed by atoms with Crippen LogP contribution in [-0.2, 0) is 10.8 Å². The Kier molecular flexibility index (Phi) is 5.80. The number of fused-ring (bicyclic) bond motifs is 12. The van der Waals surface area contributed by atoms with Crippen LogP contribution in [0.15, 0.2) is 164 Å². The van der Waals surface area contributed by atoms with E-state index in [9.17, 15) is 0 Å². The minimum absolute atomic E-state index is 0.0526. The van der Waals surface area contributed by atoms with E-state index in [1.165, 1.54) is 105 Å². The zero-order valence-electron chi connectivity index (χ0n) is 30.7. The highest BCUT2D eigenvalue weighted by Crippen LogP contribution is 2.55. The van der Waals surface area contributed by atoms with Crippen molar-refractivity contribution in [2.24, 2.45) is 0 Å². The second-order valence-electron chi connectivity index (χ2n) is 16.4. The minimum Gasteiger partial charge on any atom is -0.309 e. The number of para-hydroxylation sites is 1. The number of benzene rings is 7. The Morgan fingerprint density at radius 2 is 1.19 bits per heavy atom. The van der Waals surface area contributed by atoms with Gasteiger partial charge in [-0.2, -0.15) is 0 Å². The fourth-order valence-corrected chi connectivity index (χ4v) is 10.3. The third kappa shape index (κ3) is 3.80. The first-order valence-corrected chi connectivity index (χ1v) is 19.2. The molecular formula is C52H38N2. The Morgan fingerprint density at radius 1 is 0.500 bits per heavy atom. The van der Waals surface area contributed by atoms with Gasteiger partial charge in [-0.25, -0.2) is 0 Å². The standard InChI is InChI=1S/C52H38N2/c1-51(2)42-29-35(33-17-9-5-10-18-33)28-39-38-27-34(32-15-7-4-8-16-32)21-23-44(38)54(49(39)42)46-31-40-37-19-11-12-20-43(37)53-45-24-22-36(52(3)25-13-6-14-26-52)30-41(45)47(48(46)51)50(40)53/h4-25,27-31H,26H2,1-3H3. The van der Waals surface area contributed by atoms with E-state index in [4.69, 9.17) is 0 Å². The smallest absolute Gasteiger partial charge is 0.0625 e. The number of hydrogen-bond donors (Lipinski definition) is 0. The second-order valence-corrected chi connectivity index (χ2v) is 16.4. The summed E-state index contributed by atoms with van der Waals surface area (Å²) < 4.78 is 5.17. The Morgan fingerprint density at radius 3 is 1.96 bits per heavy atom. The average molecular weight is 691 g/mol. The third-order valence-electron chi connectivity index (χ3n) is 13.0. The predicted molar refractivity (Wildman–Crippen MR) is 229 cm³/mol. The lowest BCUT2D eigenvalue weighted by molar-refractivity contribution is 0.600. The highest BCUT2D eigenvalue weighted by molar-refractivity contribution is 6.26. The van der Waals surface area contributed by atoms with Gasteiger partial charge in [0.1, 0.15) is 0 Å². The lowest BCUT2D eigenvalue weighted by atomic mass is 9.71. The van der Waals surface area contributed by atoms with Gasteiger partial charge in [0.15, 0.2) is 0 Å². The molecule has 1 aliphatic carbocycles. The van der Waals surface area contributed by atoms with Gasteiger partial charge in [0, 0.05) is 43.1 Å². The van der Waals surface area contributed by atoms with Crippen molar-refractivity contribution < 1.29 is 0 Å². The number of rotatable bonds is 3. The number of aromatic nitrogens is 2. The molecular weight excluding hydrogens is 653 g/mol. The quantitative estimate of drug-likeness (QED) is 0.175. The van der Waals surface area contributed by atoms with Gasteiger partial charge >= 0.3 is 0 Å². The molecule has 2 nitrogen and oxygen atoms in total. The van der Waals surface area contributed by atoms with Gasteiger partial charge < -0.3 is 8.97 Å². The molecule has 12 rings (SSSR count). The van der Waals surface area contributed by atoms with E-state index in [2.05, 4.69) is 194 Å². The van der Waals surface area contributed by atoms with Crippen molar-refractivity contribution >= 4 is 59.9 Å². The summed E-state index contributed by atoms with van der Waals surface area (Å²) in [5.41, 5.74) is 16.5. The molecule has 4 heterocycles. The van der Waals surface area contributed by atoms with Crippen molar-refractivity contribution in [1.82, 2.24) is 8.97 Å². The summed E-state index contributed by atoms with van der Waals surface area (Å²) in [6, 6.07) is 52.6. The van der Waals surface area contributed by atoms with Gasteiger partial charge in [-0.05, 0) is 93.9 Å². The fourth-order valence-electron chi connectivity index (χ4n) is 10.3. The minimum atomic E-state index is -0.301. The molecule has 2 aliphatic rings. The summed E-state index contributed by atoms with van der Waals surface area (Å²) in [6.45, 7) is 7.32. The van der Waals surface area contributed by atoms with Crippen molar-refractivity contribution in [2.45, 2.75) is 38.0 Å². The van der Waals surface area contributed by atoms with Crippen LogP contribution in [0.25, 0.3) is 87.8 Å². The molecule has 256 valence electrons. The van der Waals surface area contributed by atoms with Gasteiger partial charge in [0.2, 0.25) is 0 Å². The fraction of sp³-hybridized carbons (Fsp3) is 0.115. The Balaban J connectivity index is 1.28. The van der Waals surface area contributed by atoms with Crippen LogP contribution in [0.5, 0.6) is 0 Å². The van der Waals surface area contributed by atoms with E-state index in [1.54, 1.807) is 0 Å². The maximum absolute atomic E-state index is 2.62. The van der Waals surface area contributed by atoms with Gasteiger partial charge in [0.05, 0.1) is 33.3 Å². The highest BCUT2D eigenvalue weighted by Gasteiger charge is 2.40. The monoisotopic (exact) mass is 690 g/mol. The van der Waals surface area contributed by atoms with E-state index in [0.717, 1.165) is 6.42 Å². The summed E-state index contributed by atoms with van der Waals surface area (Å²) in [5.74, 6) is 0. The molecule has 0 fully saturated rings. The zero-order chi connectivity index (χ0) is 35.9. The molecule has 7 aromatic carbocycles. The van der Waals surface area contributed by atoms with Crippen molar-refractivity contribution in [3.63, 3.8) is 0 Å². The van der Waals surface area contributed by atoms with Crippen LogP contribution in [0.4, 0.5) is 0 Å². The zero-order valence-corrected chi connectivity index (χ0v) is 30.7. The van der Waals surface area contributed by atoms with Crippen LogP contribution in [0.3, 0.4) is 0 Å². The van der Waals surface area contributed by atoms with Gasteiger partial charge in [-0.15, -0.1) is 0 Å². The Hall–Kier alpha value is -6.38. The number of nitrogens with zero attached hydrogens (tertiary/aromatic N) is 2. The normalized spacial score (nSPS) is 17.5. The first-order chi connectivity index (χ1) is 26.4. The molecule has 54 heavy (non-hydrogen) atoms. The predicted octanol–water partition coefficient (Wildman–Crippen LogP) is 13.7. The van der Waals surface area contributed by atoms with Crippen molar-refractivity contribution in [3.8, 4) is 27.9 Å². The van der Waals surface area contributed by atoms with Gasteiger partial charge in [-0.3, -0.25) is 0 Å². The maximum atomic E-state index is 2.62. The first-order valence-electron chi connectivity index (χ1n) is 19.2. The van der Waals surface area contributed by atoms with Crippen LogP contribution in [0, 0.1) is 0 Å². The second kappa shape index (κ2) is 10.4. The average Bonchev–Trinajstić information content (AvgIpc) is 3.85. The molecule has 1 unspecified atom stereocenters. The van der Waals surface area contributed by atoms with E-state index in [0.29, 0.717) is 0 Å². The molecule has 0 N–H and O–H groups in total. The lowest BCUT2D eigenvalue weighted by Crippen LogP contribution is -2.27. The SMILES string of the molecule is CC1(c2ccc3c(c2)c2c4c(cc5c6ccccc6n3c52)-n2c3ccc(-c5ccccc5)cc3c3cc(-c5ccccc5)cc(c32)C4(C)C)C=CC=CC1. The largest absolute Gasteiger partial charge is 0.309 e. The topological polar surface area (TPSA) is 9.34 Å². The van der Waals surface area contributed by atoms with Crippen LogP contribution in [-0.4, -0.2) is 8.97 Å². The Bertz CT molecular complexity index is 3260. The van der Waals surface area contributed by atoms with Crippen molar-refractivity contribution in [1.29, 1.82) is 0 Å². The first kappa shape index (κ1) is 30.1. The molecule has 3 aromatic heterocycles. The van der Waals surface area contributed by atoms with E-state index < -0.39 is 0 Å². The van der Waals surface area contributed by atoms with Gasteiger partial charge in [-0.1, -0.05) is 136 Å². The lowest BCUT2D eigenvalue weighted by Gasteiger charge is -2.36. The third-order valence-corrected chi connectivity index (χ3v) is 13.0. The van der Waals surface area contributed by atoms with Gasteiger partial charge in [0.25, 0.3) is 0 Å². The highest BCUT2D eigenvalue weighted by atomic mass is 15.0. The molecule has 2 heteroatoms. The summed E-state index contributed by atoms with van der Waals surface area (Å²) >= 11 is 0. The summed E-state index contributed by atoms with van der Waals surface area (Å²) in [6.07, 6.45) is 10.1. The molecule has 1 atom stereocenters. The molecule has 0 bridgehead atoms. The number of hydrogen-bond acceptors (Lipinski definition) is 0. The molecule has 0 amide bonds. The van der Waals surface area contributed by atoms with Crippen LogP contribution < -0.4 is 0 Å². The molecule has 0 saturated carbocycles. The summed E-state index contributed by atoms with van der Waals surface area (Å²) in [4.78, 5) is 0. The van der Waals surface area contributed by atoms with Crippen LogP contribution >= 0.6 is 0 Å². The number of allylic oxidation sites excluding steroid dienone is 4. The molecule has 0 spiro atoms. The van der Waals surface area contributed by atoms with Crippen LogP contribution in [0.1, 0.15) is 43.9 Å². The summed E-state index contributed by atoms with van der Waals surface area (Å²) in [5, 5.41) is 7.95. The van der Waals surface area contributed by atoms with E-state index in [-0.39, 0.29) is 10.8 Å². The molecule has 10 aromatic rings. The van der Waals surface area contributed by atoms with Crippen LogP contribution in [0.2, 0.25) is 0 Å². The molecule has 0 radical (unpaired) electrons. The summed E-state index contributed by atoms with van der Waals surface area (Å²) in [7, 11) is 0. The van der Waals surface area contributed by atoms with E-state index in [1.807, 2.05) is 0 Å². The van der Waals surface area contributed by atoms with Crippen molar-refractivity contribution in [2.75, 3.05) is 0 Å².